The largest absolute Gasteiger partial charge is 0.354 e. The lowest BCUT2D eigenvalue weighted by Crippen LogP contribution is -2.40. The Labute approximate surface area is 155 Å². The van der Waals surface area contributed by atoms with Gasteiger partial charge in [-0.15, -0.1) is 0 Å². The van der Waals surface area contributed by atoms with Gasteiger partial charge in [0.15, 0.2) is 5.82 Å². The van der Waals surface area contributed by atoms with Crippen molar-refractivity contribution in [2.24, 2.45) is 0 Å². The van der Waals surface area contributed by atoms with Crippen molar-refractivity contribution in [1.82, 2.24) is 15.3 Å². The molecule has 1 amide bonds. The van der Waals surface area contributed by atoms with Crippen LogP contribution in [-0.4, -0.2) is 35.0 Å². The predicted molar refractivity (Wildman–Crippen MR) is 105 cm³/mol. The molecule has 1 aliphatic heterocycles. The summed E-state index contributed by atoms with van der Waals surface area (Å²) in [6, 6.07) is 12.2. The number of nitrogens with one attached hydrogen (secondary N) is 1. The number of amides is 1. The standard InChI is InChI=1S/C21H28N4O/c1-3-13-22-21(26)18-15-19(25-14-9-8-12-17(25)4-2)24-20(23-18)16-10-6-5-7-11-16/h5-7,10-11,15,17H,3-4,8-9,12-14H2,1-2H3,(H,22,26). The zero-order valence-electron chi connectivity index (χ0n) is 15.7. The van der Waals surface area contributed by atoms with Gasteiger partial charge in [0.05, 0.1) is 0 Å². The van der Waals surface area contributed by atoms with Crippen LogP contribution in [0.15, 0.2) is 36.4 Å². The molecule has 26 heavy (non-hydrogen) atoms. The van der Waals surface area contributed by atoms with Crippen molar-refractivity contribution in [1.29, 1.82) is 0 Å². The van der Waals surface area contributed by atoms with E-state index in [0.717, 1.165) is 30.8 Å². The molecule has 1 fully saturated rings. The molecular formula is C21H28N4O. The van der Waals surface area contributed by atoms with Crippen LogP contribution in [0.25, 0.3) is 11.4 Å². The Hall–Kier alpha value is -2.43. The molecule has 5 nitrogen and oxygen atoms in total. The average molecular weight is 352 g/mol. The molecule has 138 valence electrons. The van der Waals surface area contributed by atoms with E-state index in [1.165, 1.54) is 19.3 Å². The lowest BCUT2D eigenvalue weighted by Gasteiger charge is -2.36. The number of hydrogen-bond donors (Lipinski definition) is 1. The van der Waals surface area contributed by atoms with Crippen LogP contribution in [0.4, 0.5) is 5.82 Å². The zero-order chi connectivity index (χ0) is 18.4. The number of carbonyl (C=O) groups is 1. The third-order valence-electron chi connectivity index (χ3n) is 4.91. The molecule has 1 aromatic carbocycles. The fourth-order valence-electron chi connectivity index (χ4n) is 3.47. The summed E-state index contributed by atoms with van der Waals surface area (Å²) in [4.78, 5) is 24.3. The first-order valence-corrected chi connectivity index (χ1v) is 9.72. The normalized spacial score (nSPS) is 17.2. The number of aromatic nitrogens is 2. The van der Waals surface area contributed by atoms with E-state index >= 15 is 0 Å². The van der Waals surface area contributed by atoms with Gasteiger partial charge in [0.25, 0.3) is 5.91 Å². The fourth-order valence-corrected chi connectivity index (χ4v) is 3.47. The SMILES string of the molecule is CCCNC(=O)c1cc(N2CCCCC2CC)nc(-c2ccccc2)n1. The highest BCUT2D eigenvalue weighted by molar-refractivity contribution is 5.93. The van der Waals surface area contributed by atoms with E-state index in [1.807, 2.05) is 43.3 Å². The van der Waals surface area contributed by atoms with Crippen LogP contribution in [0.5, 0.6) is 0 Å². The maximum atomic E-state index is 12.6. The van der Waals surface area contributed by atoms with Gasteiger partial charge in [-0.2, -0.15) is 0 Å². The molecule has 1 N–H and O–H groups in total. The van der Waals surface area contributed by atoms with Crippen LogP contribution in [0.2, 0.25) is 0 Å². The molecule has 1 aliphatic rings. The molecule has 5 heteroatoms. The van der Waals surface area contributed by atoms with Crippen molar-refractivity contribution < 1.29 is 4.79 Å². The summed E-state index contributed by atoms with van der Waals surface area (Å²) in [6.45, 7) is 5.90. The molecule has 1 saturated heterocycles. The number of rotatable bonds is 6. The molecule has 1 atom stereocenters. The molecule has 0 aliphatic carbocycles. The van der Waals surface area contributed by atoms with Crippen molar-refractivity contribution in [3.05, 3.63) is 42.1 Å². The third kappa shape index (κ3) is 4.21. The first-order valence-electron chi connectivity index (χ1n) is 9.72. The van der Waals surface area contributed by atoms with Crippen molar-refractivity contribution in [3.63, 3.8) is 0 Å². The van der Waals surface area contributed by atoms with Crippen molar-refractivity contribution in [3.8, 4) is 11.4 Å². The number of hydrogen-bond acceptors (Lipinski definition) is 4. The third-order valence-corrected chi connectivity index (χ3v) is 4.91. The lowest BCUT2D eigenvalue weighted by atomic mass is 10.00. The predicted octanol–water partition coefficient (Wildman–Crippen LogP) is 4.05. The Morgan fingerprint density at radius 1 is 1.19 bits per heavy atom. The maximum Gasteiger partial charge on any atom is 0.270 e. The van der Waals surface area contributed by atoms with E-state index < -0.39 is 0 Å². The second-order valence-electron chi connectivity index (χ2n) is 6.81. The minimum atomic E-state index is -0.127. The highest BCUT2D eigenvalue weighted by Gasteiger charge is 2.24. The highest BCUT2D eigenvalue weighted by atomic mass is 16.1. The Morgan fingerprint density at radius 3 is 2.73 bits per heavy atom. The second kappa shape index (κ2) is 8.79. The molecule has 1 unspecified atom stereocenters. The van der Waals surface area contributed by atoms with Gasteiger partial charge in [-0.3, -0.25) is 4.79 Å². The summed E-state index contributed by atoms with van der Waals surface area (Å²) in [5, 5.41) is 2.93. The average Bonchev–Trinajstić information content (AvgIpc) is 2.72. The molecule has 2 aromatic rings. The van der Waals surface area contributed by atoms with Gasteiger partial charge in [0, 0.05) is 30.8 Å². The van der Waals surface area contributed by atoms with Gasteiger partial charge in [-0.25, -0.2) is 9.97 Å². The van der Waals surface area contributed by atoms with Crippen LogP contribution < -0.4 is 10.2 Å². The monoisotopic (exact) mass is 352 g/mol. The Bertz CT molecular complexity index is 732. The Kier molecular flexibility index (Phi) is 6.21. The minimum Gasteiger partial charge on any atom is -0.354 e. The summed E-state index contributed by atoms with van der Waals surface area (Å²) in [7, 11) is 0. The molecule has 0 radical (unpaired) electrons. The van der Waals surface area contributed by atoms with Gasteiger partial charge in [0.2, 0.25) is 0 Å². The molecule has 3 rings (SSSR count). The molecule has 2 heterocycles. The van der Waals surface area contributed by atoms with Crippen LogP contribution in [-0.2, 0) is 0 Å². The molecule has 0 saturated carbocycles. The zero-order valence-corrected chi connectivity index (χ0v) is 15.7. The van der Waals surface area contributed by atoms with Crippen LogP contribution in [0.1, 0.15) is 56.4 Å². The summed E-state index contributed by atoms with van der Waals surface area (Å²) in [6.07, 6.45) is 5.59. The molecule has 0 bridgehead atoms. The second-order valence-corrected chi connectivity index (χ2v) is 6.81. The summed E-state index contributed by atoms with van der Waals surface area (Å²) < 4.78 is 0. The number of anilines is 1. The minimum absolute atomic E-state index is 0.127. The quantitative estimate of drug-likeness (QED) is 0.852. The van der Waals surface area contributed by atoms with E-state index in [2.05, 4.69) is 22.1 Å². The van der Waals surface area contributed by atoms with E-state index in [0.29, 0.717) is 24.1 Å². The molecule has 0 spiro atoms. The van der Waals surface area contributed by atoms with Crippen LogP contribution in [0.3, 0.4) is 0 Å². The summed E-state index contributed by atoms with van der Waals surface area (Å²) in [5.41, 5.74) is 1.38. The molecular weight excluding hydrogens is 324 g/mol. The highest BCUT2D eigenvalue weighted by Crippen LogP contribution is 2.27. The van der Waals surface area contributed by atoms with Gasteiger partial charge in [-0.05, 0) is 32.1 Å². The first-order chi connectivity index (χ1) is 12.7. The Balaban J connectivity index is 2.01. The van der Waals surface area contributed by atoms with Gasteiger partial charge in [0.1, 0.15) is 11.5 Å². The van der Waals surface area contributed by atoms with Gasteiger partial charge >= 0.3 is 0 Å². The van der Waals surface area contributed by atoms with E-state index in [1.54, 1.807) is 0 Å². The summed E-state index contributed by atoms with van der Waals surface area (Å²) in [5.74, 6) is 1.36. The molecule has 1 aromatic heterocycles. The number of nitrogens with zero attached hydrogens (tertiary/aromatic N) is 3. The van der Waals surface area contributed by atoms with Crippen molar-refractivity contribution in [2.45, 2.75) is 52.0 Å². The summed E-state index contributed by atoms with van der Waals surface area (Å²) >= 11 is 0. The van der Waals surface area contributed by atoms with Crippen LogP contribution >= 0.6 is 0 Å². The van der Waals surface area contributed by atoms with E-state index in [4.69, 9.17) is 4.98 Å². The Morgan fingerprint density at radius 2 is 2.00 bits per heavy atom. The van der Waals surface area contributed by atoms with E-state index in [-0.39, 0.29) is 5.91 Å². The van der Waals surface area contributed by atoms with Crippen molar-refractivity contribution >= 4 is 11.7 Å². The van der Waals surface area contributed by atoms with Crippen LogP contribution in [0, 0.1) is 0 Å². The number of piperidine rings is 1. The maximum absolute atomic E-state index is 12.6. The lowest BCUT2D eigenvalue weighted by molar-refractivity contribution is 0.0948. The number of benzene rings is 1. The topological polar surface area (TPSA) is 58.1 Å². The van der Waals surface area contributed by atoms with Gasteiger partial charge in [-0.1, -0.05) is 44.2 Å². The van der Waals surface area contributed by atoms with E-state index in [9.17, 15) is 4.79 Å². The first kappa shape index (κ1) is 18.4. The van der Waals surface area contributed by atoms with Gasteiger partial charge < -0.3 is 10.2 Å². The smallest absolute Gasteiger partial charge is 0.270 e. The van der Waals surface area contributed by atoms with Crippen molar-refractivity contribution in [2.75, 3.05) is 18.0 Å². The number of carbonyl (C=O) groups excluding carboxylic acids is 1. The fraction of sp³-hybridized carbons (Fsp3) is 0.476.